The van der Waals surface area contributed by atoms with Crippen molar-refractivity contribution in [2.75, 3.05) is 0 Å². The van der Waals surface area contributed by atoms with Crippen molar-refractivity contribution in [1.29, 1.82) is 0 Å². The van der Waals surface area contributed by atoms with Crippen molar-refractivity contribution in [2.45, 2.75) is 20.4 Å². The highest BCUT2D eigenvalue weighted by molar-refractivity contribution is 5.94. The lowest BCUT2D eigenvalue weighted by Gasteiger charge is -2.07. The molecule has 4 aromatic rings. The maximum Gasteiger partial charge on any atom is 0.251 e. The predicted octanol–water partition coefficient (Wildman–Crippen LogP) is 3.62. The summed E-state index contributed by atoms with van der Waals surface area (Å²) in [6.45, 7) is 4.11. The number of amides is 1. The third-order valence-corrected chi connectivity index (χ3v) is 4.72. The van der Waals surface area contributed by atoms with Crippen molar-refractivity contribution in [3.05, 3.63) is 82.7 Å². The third-order valence-electron chi connectivity index (χ3n) is 4.72. The Bertz CT molecular complexity index is 1240. The average molecular weight is 393 g/mol. The van der Waals surface area contributed by atoms with Crippen molar-refractivity contribution in [3.63, 3.8) is 0 Å². The molecule has 1 N–H and O–H groups in total. The molecule has 2 aromatic carbocycles. The molecule has 0 radical (unpaired) electrons. The fourth-order valence-electron chi connectivity index (χ4n) is 2.90. The first-order chi connectivity index (χ1) is 13.9. The molecule has 0 bridgehead atoms. The van der Waals surface area contributed by atoms with Gasteiger partial charge in [0.15, 0.2) is 23.1 Å². The Kier molecular flexibility index (Phi) is 4.75. The van der Waals surface area contributed by atoms with E-state index >= 15 is 0 Å². The van der Waals surface area contributed by atoms with E-state index in [0.717, 1.165) is 29.0 Å². The van der Waals surface area contributed by atoms with Crippen LogP contribution in [0, 0.1) is 25.5 Å². The second-order valence-corrected chi connectivity index (χ2v) is 6.72. The van der Waals surface area contributed by atoms with E-state index in [0.29, 0.717) is 11.5 Å². The van der Waals surface area contributed by atoms with E-state index in [-0.39, 0.29) is 12.1 Å². The van der Waals surface area contributed by atoms with E-state index in [9.17, 15) is 13.6 Å². The zero-order valence-electron chi connectivity index (χ0n) is 15.8. The van der Waals surface area contributed by atoms with E-state index in [1.807, 2.05) is 32.0 Å². The number of benzene rings is 2. The molecule has 0 aliphatic carbocycles. The molecule has 0 aliphatic rings. The summed E-state index contributed by atoms with van der Waals surface area (Å²) in [4.78, 5) is 12.2. The number of halogens is 2. The number of rotatable bonds is 4. The van der Waals surface area contributed by atoms with Crippen LogP contribution in [-0.4, -0.2) is 25.7 Å². The lowest BCUT2D eigenvalue weighted by atomic mass is 10.0. The second kappa shape index (κ2) is 7.38. The molecule has 6 nitrogen and oxygen atoms in total. The molecule has 29 heavy (non-hydrogen) atoms. The average Bonchev–Trinajstić information content (AvgIpc) is 3.12. The van der Waals surface area contributed by atoms with E-state index in [1.54, 1.807) is 10.6 Å². The van der Waals surface area contributed by atoms with Crippen molar-refractivity contribution in [2.24, 2.45) is 0 Å². The van der Waals surface area contributed by atoms with Crippen LogP contribution >= 0.6 is 0 Å². The Morgan fingerprint density at radius 3 is 2.55 bits per heavy atom. The van der Waals surface area contributed by atoms with Crippen LogP contribution in [0.5, 0.6) is 0 Å². The number of aromatic nitrogens is 4. The number of carbonyl (C=O) groups is 1. The fraction of sp³-hybridized carbons (Fsp3) is 0.143. The Balaban J connectivity index is 1.58. The summed E-state index contributed by atoms with van der Waals surface area (Å²) in [6, 6.07) is 12.7. The van der Waals surface area contributed by atoms with Crippen LogP contribution in [0.15, 0.2) is 48.5 Å². The van der Waals surface area contributed by atoms with Gasteiger partial charge in [-0.3, -0.25) is 4.79 Å². The van der Waals surface area contributed by atoms with E-state index < -0.39 is 17.5 Å². The highest BCUT2D eigenvalue weighted by Gasteiger charge is 2.13. The van der Waals surface area contributed by atoms with Crippen LogP contribution in [0.2, 0.25) is 0 Å². The van der Waals surface area contributed by atoms with Gasteiger partial charge in [-0.2, -0.15) is 9.61 Å². The Labute approximate surface area is 165 Å². The molecule has 1 amide bonds. The van der Waals surface area contributed by atoms with Crippen LogP contribution in [0.25, 0.3) is 16.9 Å². The predicted molar refractivity (Wildman–Crippen MR) is 103 cm³/mol. The van der Waals surface area contributed by atoms with Crippen LogP contribution in [0.1, 0.15) is 27.3 Å². The van der Waals surface area contributed by atoms with E-state index in [2.05, 4.69) is 26.7 Å². The van der Waals surface area contributed by atoms with Gasteiger partial charge in [-0.25, -0.2) is 8.78 Å². The summed E-state index contributed by atoms with van der Waals surface area (Å²) >= 11 is 0. The van der Waals surface area contributed by atoms with Crippen molar-refractivity contribution < 1.29 is 13.6 Å². The van der Waals surface area contributed by atoms with Crippen molar-refractivity contribution in [3.8, 4) is 11.3 Å². The standard InChI is InChI=1S/C21H17F2N5O/c1-12-3-4-14(9-13(12)2)18-7-8-19-25-26-20(28(19)27-18)11-24-21(29)15-5-6-16(22)17(23)10-15/h3-10H,11H2,1-2H3,(H,24,29). The molecule has 0 fully saturated rings. The first-order valence-corrected chi connectivity index (χ1v) is 8.94. The Morgan fingerprint density at radius 2 is 1.79 bits per heavy atom. The van der Waals surface area contributed by atoms with Gasteiger partial charge in [-0.15, -0.1) is 10.2 Å². The summed E-state index contributed by atoms with van der Waals surface area (Å²) < 4.78 is 27.9. The Hall–Kier alpha value is -3.68. The third kappa shape index (κ3) is 3.69. The summed E-state index contributed by atoms with van der Waals surface area (Å²) in [6.07, 6.45) is 0. The second-order valence-electron chi connectivity index (χ2n) is 6.72. The molecule has 0 saturated carbocycles. The summed E-state index contributed by atoms with van der Waals surface area (Å²) in [5.74, 6) is -2.22. The molecular formula is C21H17F2N5O. The first kappa shape index (κ1) is 18.7. The quantitative estimate of drug-likeness (QED) is 0.575. The van der Waals surface area contributed by atoms with Gasteiger partial charge in [0, 0.05) is 11.1 Å². The maximum atomic E-state index is 13.3. The normalized spacial score (nSPS) is 11.0. The summed E-state index contributed by atoms with van der Waals surface area (Å²) in [5, 5.41) is 15.3. The molecule has 0 saturated heterocycles. The number of fused-ring (bicyclic) bond motifs is 1. The molecule has 0 atom stereocenters. The molecule has 0 unspecified atom stereocenters. The van der Waals surface area contributed by atoms with Gasteiger partial charge in [0.1, 0.15) is 0 Å². The number of nitrogens with one attached hydrogen (secondary N) is 1. The van der Waals surface area contributed by atoms with Gasteiger partial charge in [0.05, 0.1) is 12.2 Å². The SMILES string of the molecule is Cc1ccc(-c2ccc3nnc(CNC(=O)c4ccc(F)c(F)c4)n3n2)cc1C. The summed E-state index contributed by atoms with van der Waals surface area (Å²) in [7, 11) is 0. The van der Waals surface area contributed by atoms with Gasteiger partial charge < -0.3 is 5.32 Å². The zero-order chi connectivity index (χ0) is 20.5. The zero-order valence-corrected chi connectivity index (χ0v) is 15.8. The molecule has 2 aromatic heterocycles. The molecular weight excluding hydrogens is 376 g/mol. The first-order valence-electron chi connectivity index (χ1n) is 8.94. The van der Waals surface area contributed by atoms with Gasteiger partial charge in [0.25, 0.3) is 5.91 Å². The van der Waals surface area contributed by atoms with Crippen LogP contribution in [0.4, 0.5) is 8.78 Å². The monoisotopic (exact) mass is 393 g/mol. The lowest BCUT2D eigenvalue weighted by Crippen LogP contribution is -2.24. The highest BCUT2D eigenvalue weighted by atomic mass is 19.2. The molecule has 0 spiro atoms. The van der Waals surface area contributed by atoms with Gasteiger partial charge in [-0.05, 0) is 61.4 Å². The topological polar surface area (TPSA) is 72.2 Å². The van der Waals surface area contributed by atoms with E-state index in [4.69, 9.17) is 0 Å². The fourth-order valence-corrected chi connectivity index (χ4v) is 2.90. The van der Waals surface area contributed by atoms with Gasteiger partial charge in [0.2, 0.25) is 0 Å². The number of hydrogen-bond acceptors (Lipinski definition) is 4. The van der Waals surface area contributed by atoms with Gasteiger partial charge in [-0.1, -0.05) is 12.1 Å². The number of carbonyl (C=O) groups excluding carboxylic acids is 1. The molecule has 8 heteroatoms. The number of nitrogens with zero attached hydrogens (tertiary/aromatic N) is 4. The molecule has 2 heterocycles. The molecule has 4 rings (SSSR count). The van der Waals surface area contributed by atoms with Gasteiger partial charge >= 0.3 is 0 Å². The van der Waals surface area contributed by atoms with Crippen LogP contribution < -0.4 is 5.32 Å². The largest absolute Gasteiger partial charge is 0.345 e. The van der Waals surface area contributed by atoms with Crippen LogP contribution in [0.3, 0.4) is 0 Å². The minimum Gasteiger partial charge on any atom is -0.345 e. The number of hydrogen-bond donors (Lipinski definition) is 1. The van der Waals surface area contributed by atoms with E-state index in [1.165, 1.54) is 11.6 Å². The smallest absolute Gasteiger partial charge is 0.251 e. The minimum atomic E-state index is -1.08. The number of aryl methyl sites for hydroxylation is 2. The molecule has 0 aliphatic heterocycles. The van der Waals surface area contributed by atoms with Crippen LogP contribution in [-0.2, 0) is 6.54 Å². The minimum absolute atomic E-state index is 0.0153. The van der Waals surface area contributed by atoms with Crippen molar-refractivity contribution >= 4 is 11.6 Å². The molecule has 146 valence electrons. The van der Waals surface area contributed by atoms with Crippen molar-refractivity contribution in [1.82, 2.24) is 25.1 Å². The maximum absolute atomic E-state index is 13.3. The highest BCUT2D eigenvalue weighted by Crippen LogP contribution is 2.20. The lowest BCUT2D eigenvalue weighted by molar-refractivity contribution is 0.0949. The Morgan fingerprint density at radius 1 is 0.966 bits per heavy atom. The summed E-state index contributed by atoms with van der Waals surface area (Å²) in [5.41, 5.74) is 4.61.